The van der Waals surface area contributed by atoms with Gasteiger partial charge >= 0.3 is 12.0 Å². The second-order valence-corrected chi connectivity index (χ2v) is 6.29. The molecule has 114 valence electrons. The quantitative estimate of drug-likeness (QED) is 0.865. The minimum atomic E-state index is -0.963. The molecule has 2 saturated heterocycles. The third kappa shape index (κ3) is 2.63. The molecule has 20 heavy (non-hydrogen) atoms. The largest absolute Gasteiger partial charge is 0.479 e. The van der Waals surface area contributed by atoms with Gasteiger partial charge in [-0.05, 0) is 38.0 Å². The molecule has 0 radical (unpaired) electrons. The van der Waals surface area contributed by atoms with Gasteiger partial charge in [0.1, 0.15) is 5.54 Å². The van der Waals surface area contributed by atoms with Gasteiger partial charge in [-0.1, -0.05) is 20.3 Å². The first kappa shape index (κ1) is 15.1. The maximum atomic E-state index is 12.7. The van der Waals surface area contributed by atoms with Gasteiger partial charge < -0.3 is 14.9 Å². The van der Waals surface area contributed by atoms with E-state index in [1.807, 2.05) is 11.8 Å². The molecule has 0 aromatic rings. The average molecular weight is 282 g/mol. The number of carbonyl (C=O) groups is 2. The molecule has 2 amide bonds. The molecule has 0 spiro atoms. The zero-order valence-electron chi connectivity index (χ0n) is 12.6. The summed E-state index contributed by atoms with van der Waals surface area (Å²) in [5, 5.41) is 9.64. The Morgan fingerprint density at radius 1 is 1.25 bits per heavy atom. The zero-order valence-corrected chi connectivity index (χ0v) is 12.6. The van der Waals surface area contributed by atoms with Crippen molar-refractivity contribution in [2.75, 3.05) is 19.6 Å². The van der Waals surface area contributed by atoms with Crippen LogP contribution in [0.15, 0.2) is 0 Å². The lowest BCUT2D eigenvalue weighted by Gasteiger charge is -2.40. The van der Waals surface area contributed by atoms with Gasteiger partial charge in [0, 0.05) is 19.6 Å². The average Bonchev–Trinajstić information content (AvgIpc) is 2.84. The van der Waals surface area contributed by atoms with Gasteiger partial charge in [-0.3, -0.25) is 0 Å². The topological polar surface area (TPSA) is 60.9 Å². The van der Waals surface area contributed by atoms with Crippen molar-refractivity contribution in [3.05, 3.63) is 0 Å². The van der Waals surface area contributed by atoms with Crippen molar-refractivity contribution in [3.63, 3.8) is 0 Å². The van der Waals surface area contributed by atoms with Gasteiger partial charge in [0.2, 0.25) is 0 Å². The molecule has 0 aromatic carbocycles. The van der Waals surface area contributed by atoms with Gasteiger partial charge in [-0.15, -0.1) is 0 Å². The van der Waals surface area contributed by atoms with Crippen molar-refractivity contribution in [3.8, 4) is 0 Å². The highest BCUT2D eigenvalue weighted by Crippen LogP contribution is 2.35. The van der Waals surface area contributed by atoms with E-state index in [0.29, 0.717) is 25.3 Å². The summed E-state index contributed by atoms with van der Waals surface area (Å²) >= 11 is 0. The summed E-state index contributed by atoms with van der Waals surface area (Å²) in [5.74, 6) is -0.173. The molecule has 0 aliphatic carbocycles. The lowest BCUT2D eigenvalue weighted by Crippen LogP contribution is -2.57. The van der Waals surface area contributed by atoms with Gasteiger partial charge in [0.15, 0.2) is 0 Å². The minimum absolute atomic E-state index is 0.0646. The monoisotopic (exact) mass is 282 g/mol. The van der Waals surface area contributed by atoms with Crippen LogP contribution in [0.4, 0.5) is 4.79 Å². The molecular weight excluding hydrogens is 256 g/mol. The molecule has 5 nitrogen and oxygen atoms in total. The maximum Gasteiger partial charge on any atom is 0.329 e. The van der Waals surface area contributed by atoms with E-state index >= 15 is 0 Å². The SMILES string of the molecule is CCCC1(C(=O)O)CCCN1C(=O)N1CCC(C)CC1. The summed E-state index contributed by atoms with van der Waals surface area (Å²) in [7, 11) is 0. The molecule has 2 fully saturated rings. The number of carbonyl (C=O) groups excluding carboxylic acids is 1. The molecule has 0 aromatic heterocycles. The molecule has 2 heterocycles. The minimum Gasteiger partial charge on any atom is -0.479 e. The van der Waals surface area contributed by atoms with E-state index in [2.05, 4.69) is 6.92 Å². The Morgan fingerprint density at radius 3 is 2.45 bits per heavy atom. The molecule has 1 atom stereocenters. The van der Waals surface area contributed by atoms with Crippen LogP contribution in [0.2, 0.25) is 0 Å². The lowest BCUT2D eigenvalue weighted by molar-refractivity contribution is -0.149. The molecule has 2 aliphatic heterocycles. The van der Waals surface area contributed by atoms with Crippen LogP contribution in [0.25, 0.3) is 0 Å². The van der Waals surface area contributed by atoms with Gasteiger partial charge in [-0.2, -0.15) is 0 Å². The highest BCUT2D eigenvalue weighted by atomic mass is 16.4. The van der Waals surface area contributed by atoms with E-state index in [-0.39, 0.29) is 6.03 Å². The number of hydrogen-bond donors (Lipinski definition) is 1. The van der Waals surface area contributed by atoms with Crippen LogP contribution in [-0.2, 0) is 4.79 Å². The first-order valence-electron chi connectivity index (χ1n) is 7.81. The zero-order chi connectivity index (χ0) is 14.8. The van der Waals surface area contributed by atoms with Crippen LogP contribution >= 0.6 is 0 Å². The smallest absolute Gasteiger partial charge is 0.329 e. The van der Waals surface area contributed by atoms with Crippen LogP contribution in [0.5, 0.6) is 0 Å². The Bertz CT molecular complexity index is 377. The van der Waals surface area contributed by atoms with Crippen molar-refractivity contribution in [1.82, 2.24) is 9.80 Å². The van der Waals surface area contributed by atoms with E-state index in [1.165, 1.54) is 0 Å². The number of hydrogen-bond acceptors (Lipinski definition) is 2. The summed E-state index contributed by atoms with van der Waals surface area (Å²) in [5.41, 5.74) is -0.963. The summed E-state index contributed by atoms with van der Waals surface area (Å²) in [6.07, 6.45) is 4.76. The highest BCUT2D eigenvalue weighted by Gasteiger charge is 2.50. The number of carboxylic acid groups (broad SMARTS) is 1. The van der Waals surface area contributed by atoms with Crippen molar-refractivity contribution in [1.29, 1.82) is 0 Å². The van der Waals surface area contributed by atoms with E-state index in [4.69, 9.17) is 0 Å². The lowest BCUT2D eigenvalue weighted by atomic mass is 9.90. The standard InChI is InChI=1S/C15H26N2O3/c1-3-7-15(13(18)19)8-4-9-17(15)14(20)16-10-5-12(2)6-11-16/h12H,3-11H2,1-2H3,(H,18,19). The molecule has 1 N–H and O–H groups in total. The Hall–Kier alpha value is -1.26. The first-order valence-corrected chi connectivity index (χ1v) is 7.81. The van der Waals surface area contributed by atoms with Crippen LogP contribution in [-0.4, -0.2) is 52.1 Å². The predicted octanol–water partition coefficient (Wildman–Crippen LogP) is 2.56. The van der Waals surface area contributed by atoms with E-state index < -0.39 is 11.5 Å². The number of aliphatic carboxylic acids is 1. The molecule has 0 bridgehead atoms. The second kappa shape index (κ2) is 6.02. The van der Waals surface area contributed by atoms with Crippen LogP contribution < -0.4 is 0 Å². The normalized spacial score (nSPS) is 27.9. The van der Waals surface area contributed by atoms with E-state index in [0.717, 1.165) is 38.8 Å². The van der Waals surface area contributed by atoms with Gasteiger partial charge in [0.05, 0.1) is 0 Å². The Kier molecular flexibility index (Phi) is 4.55. The number of rotatable bonds is 3. The summed E-state index contributed by atoms with van der Waals surface area (Å²) in [6.45, 7) is 6.29. The molecule has 1 unspecified atom stereocenters. The fourth-order valence-corrected chi connectivity index (χ4v) is 3.53. The molecular formula is C15H26N2O3. The number of urea groups is 1. The van der Waals surface area contributed by atoms with Crippen molar-refractivity contribution >= 4 is 12.0 Å². The van der Waals surface area contributed by atoms with Crippen LogP contribution in [0.1, 0.15) is 52.4 Å². The van der Waals surface area contributed by atoms with Crippen molar-refractivity contribution in [2.24, 2.45) is 5.92 Å². The Balaban J connectivity index is 2.13. The fraction of sp³-hybridized carbons (Fsp3) is 0.867. The van der Waals surface area contributed by atoms with E-state index in [1.54, 1.807) is 4.90 Å². The summed E-state index contributed by atoms with van der Waals surface area (Å²) < 4.78 is 0. The predicted molar refractivity (Wildman–Crippen MR) is 76.6 cm³/mol. The summed E-state index contributed by atoms with van der Waals surface area (Å²) in [6, 6.07) is -0.0646. The summed E-state index contributed by atoms with van der Waals surface area (Å²) in [4.78, 5) is 27.9. The molecule has 2 aliphatic rings. The Labute approximate surface area is 120 Å². The molecule has 0 saturated carbocycles. The second-order valence-electron chi connectivity index (χ2n) is 6.29. The number of amides is 2. The number of nitrogens with zero attached hydrogens (tertiary/aromatic N) is 2. The highest BCUT2D eigenvalue weighted by molar-refractivity contribution is 5.87. The van der Waals surface area contributed by atoms with Gasteiger partial charge in [-0.25, -0.2) is 9.59 Å². The van der Waals surface area contributed by atoms with Crippen LogP contribution in [0, 0.1) is 5.92 Å². The molecule has 5 heteroatoms. The number of likely N-dealkylation sites (tertiary alicyclic amines) is 2. The van der Waals surface area contributed by atoms with E-state index in [9.17, 15) is 14.7 Å². The van der Waals surface area contributed by atoms with Gasteiger partial charge in [0.25, 0.3) is 0 Å². The Morgan fingerprint density at radius 2 is 1.90 bits per heavy atom. The first-order chi connectivity index (χ1) is 9.51. The van der Waals surface area contributed by atoms with Crippen LogP contribution in [0.3, 0.4) is 0 Å². The molecule has 2 rings (SSSR count). The maximum absolute atomic E-state index is 12.7. The number of piperidine rings is 1. The van der Waals surface area contributed by atoms with Crippen molar-refractivity contribution < 1.29 is 14.7 Å². The third-order valence-corrected chi connectivity index (χ3v) is 4.84. The van der Waals surface area contributed by atoms with Crippen molar-refractivity contribution in [2.45, 2.75) is 57.9 Å². The fourth-order valence-electron chi connectivity index (χ4n) is 3.53. The third-order valence-electron chi connectivity index (χ3n) is 4.84. The number of carboxylic acids is 1.